The number of fused-ring (bicyclic) bond motifs is 6. The minimum absolute atomic E-state index is 0.423. The van der Waals surface area contributed by atoms with Crippen molar-refractivity contribution in [1.29, 1.82) is 0 Å². The second kappa shape index (κ2) is 10.5. The molecule has 230 valence electrons. The summed E-state index contributed by atoms with van der Waals surface area (Å²) in [7, 11) is 0. The predicted octanol–water partition coefficient (Wildman–Crippen LogP) is 12.8. The van der Waals surface area contributed by atoms with E-state index in [4.69, 9.17) is 0 Å². The molecular weight excluding hydrogens is 589 g/mol. The summed E-state index contributed by atoms with van der Waals surface area (Å²) in [5, 5.41) is 2.67. The molecule has 0 heterocycles. The van der Waals surface area contributed by atoms with Crippen LogP contribution in [0.2, 0.25) is 0 Å². The van der Waals surface area contributed by atoms with Crippen molar-refractivity contribution in [2.45, 2.75) is 19.3 Å². The molecule has 49 heavy (non-hydrogen) atoms. The van der Waals surface area contributed by atoms with Crippen molar-refractivity contribution in [3.63, 3.8) is 0 Å². The van der Waals surface area contributed by atoms with Crippen LogP contribution < -0.4 is 0 Å². The Kier molecular flexibility index (Phi) is 6.02. The van der Waals surface area contributed by atoms with Crippen LogP contribution in [0.25, 0.3) is 66.4 Å². The van der Waals surface area contributed by atoms with Gasteiger partial charge in [0.25, 0.3) is 0 Å². The zero-order valence-corrected chi connectivity index (χ0v) is 27.7. The lowest BCUT2D eigenvalue weighted by molar-refractivity contribution is 0.768. The van der Waals surface area contributed by atoms with Gasteiger partial charge in [0.2, 0.25) is 0 Å². The molecule has 0 nitrogen and oxygen atoms in total. The molecule has 0 spiro atoms. The third-order valence-corrected chi connectivity index (χ3v) is 11.1. The van der Waals surface area contributed by atoms with Gasteiger partial charge in [-0.3, -0.25) is 0 Å². The minimum atomic E-state index is -0.423. The van der Waals surface area contributed by atoms with Crippen LogP contribution in [0.15, 0.2) is 170 Å². The van der Waals surface area contributed by atoms with E-state index >= 15 is 0 Å². The first kappa shape index (κ1) is 28.1. The molecule has 0 unspecified atom stereocenters. The van der Waals surface area contributed by atoms with E-state index in [-0.39, 0.29) is 0 Å². The van der Waals surface area contributed by atoms with Gasteiger partial charge in [0.05, 0.1) is 5.41 Å². The lowest BCUT2D eigenvalue weighted by Crippen LogP contribution is -2.28. The van der Waals surface area contributed by atoms with Crippen LogP contribution in [0.1, 0.15) is 33.4 Å². The number of hydrogen-bond donors (Lipinski definition) is 0. The fourth-order valence-corrected chi connectivity index (χ4v) is 8.78. The first-order valence-corrected chi connectivity index (χ1v) is 17.3. The van der Waals surface area contributed by atoms with Gasteiger partial charge in [-0.05, 0) is 115 Å². The molecule has 0 bridgehead atoms. The van der Waals surface area contributed by atoms with Crippen molar-refractivity contribution in [2.75, 3.05) is 0 Å². The van der Waals surface area contributed by atoms with Gasteiger partial charge in [0.1, 0.15) is 0 Å². The molecule has 0 amide bonds. The Hall–Kier alpha value is -5.98. The van der Waals surface area contributed by atoms with Crippen LogP contribution in [0.5, 0.6) is 0 Å². The molecule has 0 saturated heterocycles. The van der Waals surface area contributed by atoms with Gasteiger partial charge in [0, 0.05) is 0 Å². The SMILES string of the molecule is Cc1ccc(C2(c3ccc(C)cc3)c3ccccc3-c3ccc(-c4cccc(-c5ccc6c7c(cccc57)-c5ccccc5-6)c4)cc32)cc1. The van der Waals surface area contributed by atoms with E-state index in [0.29, 0.717) is 0 Å². The Morgan fingerprint density at radius 2 is 0.837 bits per heavy atom. The maximum absolute atomic E-state index is 2.47. The van der Waals surface area contributed by atoms with Crippen LogP contribution in [0.3, 0.4) is 0 Å². The van der Waals surface area contributed by atoms with Gasteiger partial charge in [-0.1, -0.05) is 169 Å². The first-order valence-electron chi connectivity index (χ1n) is 17.3. The Bertz CT molecular complexity index is 2520. The second-order valence-corrected chi connectivity index (χ2v) is 13.8. The first-order chi connectivity index (χ1) is 24.1. The van der Waals surface area contributed by atoms with Gasteiger partial charge < -0.3 is 0 Å². The maximum Gasteiger partial charge on any atom is 0.0713 e. The molecule has 10 rings (SSSR count). The van der Waals surface area contributed by atoms with Crippen molar-refractivity contribution < 1.29 is 0 Å². The molecule has 0 atom stereocenters. The number of benzene rings is 8. The molecule has 0 radical (unpaired) electrons. The van der Waals surface area contributed by atoms with Gasteiger partial charge in [-0.15, -0.1) is 0 Å². The molecule has 0 fully saturated rings. The molecule has 0 aliphatic heterocycles. The highest BCUT2D eigenvalue weighted by atomic mass is 14.5. The quantitative estimate of drug-likeness (QED) is 0.183. The van der Waals surface area contributed by atoms with Crippen molar-refractivity contribution in [2.24, 2.45) is 0 Å². The molecule has 8 aromatic carbocycles. The maximum atomic E-state index is 2.47. The molecule has 0 heteroatoms. The summed E-state index contributed by atoms with van der Waals surface area (Å²) in [6, 6.07) is 63.9. The monoisotopic (exact) mass is 622 g/mol. The molecular formula is C49H34. The average Bonchev–Trinajstić information content (AvgIpc) is 3.64. The van der Waals surface area contributed by atoms with Crippen LogP contribution in [-0.2, 0) is 5.41 Å². The largest absolute Gasteiger partial charge is 0.0713 e. The van der Waals surface area contributed by atoms with Crippen molar-refractivity contribution in [3.8, 4) is 55.6 Å². The Morgan fingerprint density at radius 3 is 1.55 bits per heavy atom. The normalized spacial score (nSPS) is 13.3. The van der Waals surface area contributed by atoms with Crippen LogP contribution in [0.4, 0.5) is 0 Å². The Balaban J connectivity index is 1.17. The third kappa shape index (κ3) is 3.98. The van der Waals surface area contributed by atoms with E-state index < -0.39 is 5.41 Å². The summed E-state index contributed by atoms with van der Waals surface area (Å²) < 4.78 is 0. The fraction of sp³-hybridized carbons (Fsp3) is 0.0612. The van der Waals surface area contributed by atoms with Crippen LogP contribution in [-0.4, -0.2) is 0 Å². The predicted molar refractivity (Wildman–Crippen MR) is 206 cm³/mol. The molecule has 2 aliphatic carbocycles. The standard InChI is InChI=1S/C49H34/c1-31-17-22-36(23-18-31)49(37-24-19-32(2)20-25-37)46-16-6-5-13-41(46)42-26-21-34(30-47(42)49)33-9-7-10-35(29-33)38-27-28-45-40-12-4-3-11-39(40)44-15-8-14-43(38)48(44)45/h3-30H,1-2H3. The van der Waals surface area contributed by atoms with Gasteiger partial charge in [0.15, 0.2) is 0 Å². The van der Waals surface area contributed by atoms with E-state index in [9.17, 15) is 0 Å². The smallest absolute Gasteiger partial charge is 0.0619 e. The van der Waals surface area contributed by atoms with E-state index in [1.165, 1.54) is 99.8 Å². The molecule has 0 N–H and O–H groups in total. The van der Waals surface area contributed by atoms with Gasteiger partial charge in [-0.2, -0.15) is 0 Å². The zero-order valence-electron chi connectivity index (χ0n) is 27.7. The van der Waals surface area contributed by atoms with E-state index in [0.717, 1.165) is 0 Å². The summed E-state index contributed by atoms with van der Waals surface area (Å²) in [6.07, 6.45) is 0. The van der Waals surface area contributed by atoms with E-state index in [2.05, 4.69) is 184 Å². The summed E-state index contributed by atoms with van der Waals surface area (Å²) in [5.41, 5.74) is 20.3. The lowest BCUT2D eigenvalue weighted by Gasteiger charge is -2.34. The molecule has 0 aromatic heterocycles. The summed E-state index contributed by atoms with van der Waals surface area (Å²) in [4.78, 5) is 0. The molecule has 2 aliphatic rings. The highest BCUT2D eigenvalue weighted by Gasteiger charge is 2.46. The number of aryl methyl sites for hydroxylation is 2. The summed E-state index contributed by atoms with van der Waals surface area (Å²) in [5.74, 6) is 0. The van der Waals surface area contributed by atoms with Crippen LogP contribution in [0, 0.1) is 13.8 Å². The van der Waals surface area contributed by atoms with Gasteiger partial charge in [-0.25, -0.2) is 0 Å². The Labute approximate surface area is 288 Å². The minimum Gasteiger partial charge on any atom is -0.0619 e. The van der Waals surface area contributed by atoms with Crippen LogP contribution >= 0.6 is 0 Å². The molecule has 0 saturated carbocycles. The van der Waals surface area contributed by atoms with Crippen molar-refractivity contribution >= 4 is 10.8 Å². The van der Waals surface area contributed by atoms with E-state index in [1.807, 2.05) is 0 Å². The summed E-state index contributed by atoms with van der Waals surface area (Å²) >= 11 is 0. The third-order valence-electron chi connectivity index (χ3n) is 11.1. The van der Waals surface area contributed by atoms with E-state index in [1.54, 1.807) is 0 Å². The van der Waals surface area contributed by atoms with Crippen molar-refractivity contribution in [1.82, 2.24) is 0 Å². The zero-order chi connectivity index (χ0) is 32.7. The van der Waals surface area contributed by atoms with Gasteiger partial charge >= 0.3 is 0 Å². The number of rotatable bonds is 4. The highest BCUT2D eigenvalue weighted by Crippen LogP contribution is 2.57. The average molecular weight is 623 g/mol. The fourth-order valence-electron chi connectivity index (χ4n) is 8.78. The summed E-state index contributed by atoms with van der Waals surface area (Å²) in [6.45, 7) is 4.34. The lowest BCUT2D eigenvalue weighted by atomic mass is 9.67. The topological polar surface area (TPSA) is 0 Å². The van der Waals surface area contributed by atoms with Crippen molar-refractivity contribution in [3.05, 3.63) is 203 Å². The Morgan fingerprint density at radius 1 is 0.327 bits per heavy atom. The highest BCUT2D eigenvalue weighted by molar-refractivity contribution is 6.18. The second-order valence-electron chi connectivity index (χ2n) is 13.8. The number of hydrogen-bond acceptors (Lipinski definition) is 0. The molecule has 8 aromatic rings.